The van der Waals surface area contributed by atoms with Crippen LogP contribution in [0.5, 0.6) is 0 Å². The molecule has 94 valence electrons. The molecule has 0 spiro atoms. The average Bonchev–Trinajstić information content (AvgIpc) is 2.69. The molecule has 1 aliphatic rings. The van der Waals surface area contributed by atoms with E-state index in [1.54, 1.807) is 12.1 Å². The second-order valence-corrected chi connectivity index (χ2v) is 5.67. The lowest BCUT2D eigenvalue weighted by Crippen LogP contribution is -2.46. The third kappa shape index (κ3) is 2.11. The van der Waals surface area contributed by atoms with Gasteiger partial charge in [-0.25, -0.2) is 4.39 Å². The zero-order valence-corrected chi connectivity index (χ0v) is 10.3. The van der Waals surface area contributed by atoms with Crippen LogP contribution in [-0.4, -0.2) is 23.2 Å². The number of fused-ring (bicyclic) bond motifs is 1. The number of rotatable bonds is 2. The van der Waals surface area contributed by atoms with Gasteiger partial charge in [0.25, 0.3) is 5.91 Å². The molecule has 3 rings (SSSR count). The van der Waals surface area contributed by atoms with Crippen LogP contribution in [0.15, 0.2) is 24.3 Å². The summed E-state index contributed by atoms with van der Waals surface area (Å²) in [6, 6.07) is 6.26. The Morgan fingerprint density at radius 2 is 2.17 bits per heavy atom. The van der Waals surface area contributed by atoms with Crippen molar-refractivity contribution in [3.05, 3.63) is 35.0 Å². The first-order valence-electron chi connectivity index (χ1n) is 5.80. The Kier molecular flexibility index (Phi) is 2.80. The first-order valence-corrected chi connectivity index (χ1v) is 6.61. The van der Waals surface area contributed by atoms with Crippen LogP contribution in [0.2, 0.25) is 0 Å². The van der Waals surface area contributed by atoms with E-state index in [1.807, 2.05) is 0 Å². The number of nitrogens with one attached hydrogen (secondary N) is 1. The summed E-state index contributed by atoms with van der Waals surface area (Å²) in [5, 5.41) is 12.8. The standard InChI is InChI=1S/C13H12FNO2S/c14-8-1-2-11-7(3-8)4-12(18-11)13(17)15-9-5-10(16)6-9/h1-4,9-10,16H,5-6H2,(H,15,17). The van der Waals surface area contributed by atoms with Crippen LogP contribution in [0.1, 0.15) is 22.5 Å². The van der Waals surface area contributed by atoms with E-state index in [-0.39, 0.29) is 23.9 Å². The van der Waals surface area contributed by atoms with Crippen LogP contribution in [0.25, 0.3) is 10.1 Å². The van der Waals surface area contributed by atoms with Gasteiger partial charge in [0.15, 0.2) is 0 Å². The maximum absolute atomic E-state index is 13.0. The molecule has 2 N–H and O–H groups in total. The van der Waals surface area contributed by atoms with Gasteiger partial charge in [0, 0.05) is 10.7 Å². The lowest BCUT2D eigenvalue weighted by atomic mass is 9.89. The van der Waals surface area contributed by atoms with E-state index in [2.05, 4.69) is 5.32 Å². The van der Waals surface area contributed by atoms with Crippen LogP contribution < -0.4 is 5.32 Å². The fraction of sp³-hybridized carbons (Fsp3) is 0.308. The quantitative estimate of drug-likeness (QED) is 0.875. The Balaban J connectivity index is 1.79. The van der Waals surface area contributed by atoms with E-state index in [0.29, 0.717) is 17.7 Å². The summed E-state index contributed by atoms with van der Waals surface area (Å²) >= 11 is 1.35. The largest absolute Gasteiger partial charge is 0.393 e. The molecule has 18 heavy (non-hydrogen) atoms. The van der Waals surface area contributed by atoms with Crippen molar-refractivity contribution in [2.24, 2.45) is 0 Å². The van der Waals surface area contributed by atoms with E-state index >= 15 is 0 Å². The van der Waals surface area contributed by atoms with E-state index < -0.39 is 0 Å². The number of hydrogen-bond acceptors (Lipinski definition) is 3. The molecule has 0 radical (unpaired) electrons. The number of carbonyl (C=O) groups excluding carboxylic acids is 1. The fourth-order valence-corrected chi connectivity index (χ4v) is 3.03. The van der Waals surface area contributed by atoms with E-state index in [9.17, 15) is 9.18 Å². The molecule has 0 atom stereocenters. The fourth-order valence-electron chi connectivity index (χ4n) is 2.09. The normalized spacial score (nSPS) is 22.8. The summed E-state index contributed by atoms with van der Waals surface area (Å²) in [4.78, 5) is 12.5. The summed E-state index contributed by atoms with van der Waals surface area (Å²) in [5.74, 6) is -0.442. The molecule has 1 fully saturated rings. The Morgan fingerprint density at radius 3 is 2.89 bits per heavy atom. The Morgan fingerprint density at radius 1 is 1.39 bits per heavy atom. The van der Waals surface area contributed by atoms with Crippen molar-refractivity contribution in [3.63, 3.8) is 0 Å². The first-order chi connectivity index (χ1) is 8.61. The summed E-state index contributed by atoms with van der Waals surface area (Å²) in [5.41, 5.74) is 0. The van der Waals surface area contributed by atoms with Crippen molar-refractivity contribution < 1.29 is 14.3 Å². The lowest BCUT2D eigenvalue weighted by molar-refractivity contribution is 0.0564. The second kappa shape index (κ2) is 4.33. The second-order valence-electron chi connectivity index (χ2n) is 4.59. The van der Waals surface area contributed by atoms with Crippen molar-refractivity contribution >= 4 is 27.3 Å². The maximum atomic E-state index is 13.0. The maximum Gasteiger partial charge on any atom is 0.261 e. The number of thiophene rings is 1. The SMILES string of the molecule is O=C(NC1CC(O)C1)c1cc2cc(F)ccc2s1. The highest BCUT2D eigenvalue weighted by Crippen LogP contribution is 2.27. The van der Waals surface area contributed by atoms with Crippen LogP contribution in [0.4, 0.5) is 4.39 Å². The van der Waals surface area contributed by atoms with Crippen molar-refractivity contribution in [2.75, 3.05) is 0 Å². The Bertz CT molecular complexity index is 604. The minimum Gasteiger partial charge on any atom is -0.393 e. The summed E-state index contributed by atoms with van der Waals surface area (Å²) < 4.78 is 13.9. The smallest absolute Gasteiger partial charge is 0.261 e. The van der Waals surface area contributed by atoms with E-state index in [1.165, 1.54) is 23.5 Å². The minimum absolute atomic E-state index is 0.0643. The average molecular weight is 265 g/mol. The molecule has 0 aliphatic heterocycles. The number of amides is 1. The van der Waals surface area contributed by atoms with Crippen LogP contribution in [0, 0.1) is 5.82 Å². The molecular formula is C13H12FNO2S. The minimum atomic E-state index is -0.297. The number of carbonyl (C=O) groups is 1. The summed E-state index contributed by atoms with van der Waals surface area (Å²) in [6.07, 6.45) is 0.947. The third-order valence-electron chi connectivity index (χ3n) is 3.15. The molecule has 0 saturated heterocycles. The van der Waals surface area contributed by atoms with Crippen LogP contribution >= 0.6 is 11.3 Å². The predicted octanol–water partition coefficient (Wildman–Crippen LogP) is 2.29. The molecule has 1 aromatic carbocycles. The van der Waals surface area contributed by atoms with Crippen LogP contribution in [0.3, 0.4) is 0 Å². The zero-order chi connectivity index (χ0) is 12.7. The highest BCUT2D eigenvalue weighted by molar-refractivity contribution is 7.20. The van der Waals surface area contributed by atoms with Gasteiger partial charge in [-0.1, -0.05) is 0 Å². The molecular weight excluding hydrogens is 253 g/mol. The van der Waals surface area contributed by atoms with Crippen molar-refractivity contribution in [2.45, 2.75) is 25.0 Å². The number of benzene rings is 1. The summed E-state index contributed by atoms with van der Waals surface area (Å²) in [6.45, 7) is 0. The summed E-state index contributed by atoms with van der Waals surface area (Å²) in [7, 11) is 0. The molecule has 3 nitrogen and oxygen atoms in total. The molecule has 1 aromatic heterocycles. The third-order valence-corrected chi connectivity index (χ3v) is 4.27. The molecule has 1 amide bonds. The number of aliphatic hydroxyl groups excluding tert-OH is 1. The molecule has 1 saturated carbocycles. The van der Waals surface area contributed by atoms with Gasteiger partial charge in [-0.2, -0.15) is 0 Å². The highest BCUT2D eigenvalue weighted by atomic mass is 32.1. The highest BCUT2D eigenvalue weighted by Gasteiger charge is 2.28. The van der Waals surface area contributed by atoms with Gasteiger partial charge < -0.3 is 10.4 Å². The van der Waals surface area contributed by atoms with Crippen molar-refractivity contribution in [1.29, 1.82) is 0 Å². The molecule has 1 aliphatic carbocycles. The lowest BCUT2D eigenvalue weighted by Gasteiger charge is -2.31. The van der Waals surface area contributed by atoms with Gasteiger partial charge in [-0.05, 0) is 42.5 Å². The van der Waals surface area contributed by atoms with Crippen molar-refractivity contribution in [3.8, 4) is 0 Å². The molecule has 2 aromatic rings. The number of aliphatic hydroxyl groups is 1. The van der Waals surface area contributed by atoms with Gasteiger partial charge in [-0.3, -0.25) is 4.79 Å². The van der Waals surface area contributed by atoms with E-state index in [0.717, 1.165) is 10.1 Å². The monoisotopic (exact) mass is 265 g/mol. The zero-order valence-electron chi connectivity index (χ0n) is 9.52. The number of halogens is 1. The molecule has 0 unspecified atom stereocenters. The molecule has 1 heterocycles. The number of hydrogen-bond donors (Lipinski definition) is 2. The van der Waals surface area contributed by atoms with Gasteiger partial charge >= 0.3 is 0 Å². The predicted molar refractivity (Wildman–Crippen MR) is 68.3 cm³/mol. The Labute approximate surface area is 107 Å². The Hall–Kier alpha value is -1.46. The molecule has 0 bridgehead atoms. The van der Waals surface area contributed by atoms with Crippen LogP contribution in [-0.2, 0) is 0 Å². The van der Waals surface area contributed by atoms with Gasteiger partial charge in [0.1, 0.15) is 5.82 Å². The van der Waals surface area contributed by atoms with E-state index in [4.69, 9.17) is 5.11 Å². The topological polar surface area (TPSA) is 49.3 Å². The van der Waals surface area contributed by atoms with Gasteiger partial charge in [0.2, 0.25) is 0 Å². The van der Waals surface area contributed by atoms with Gasteiger partial charge in [0.05, 0.1) is 11.0 Å². The van der Waals surface area contributed by atoms with Crippen molar-refractivity contribution in [1.82, 2.24) is 5.32 Å². The van der Waals surface area contributed by atoms with Gasteiger partial charge in [-0.15, -0.1) is 11.3 Å². The first kappa shape index (κ1) is 11.6. The molecule has 5 heteroatoms.